The lowest BCUT2D eigenvalue weighted by atomic mass is 9.47. The molecule has 1 aromatic rings. The predicted molar refractivity (Wildman–Crippen MR) is 119 cm³/mol. The van der Waals surface area contributed by atoms with E-state index in [4.69, 9.17) is 4.74 Å². The summed E-state index contributed by atoms with van der Waals surface area (Å²) >= 11 is 0. The molecule has 0 bridgehead atoms. The Morgan fingerprint density at radius 3 is 2.73 bits per heavy atom. The Bertz CT molecular complexity index is 887. The van der Waals surface area contributed by atoms with Crippen LogP contribution in [0.4, 0.5) is 0 Å². The van der Waals surface area contributed by atoms with Crippen LogP contribution in [0.1, 0.15) is 77.7 Å². The number of carbonyl (C=O) groups excluding carboxylic acids is 1. The number of rotatable bonds is 3. The summed E-state index contributed by atoms with van der Waals surface area (Å²) in [5.74, 6) is 2.21. The first kappa shape index (κ1) is 20.0. The van der Waals surface area contributed by atoms with Crippen LogP contribution in [0.5, 0.6) is 0 Å². The molecule has 5 rings (SSSR count). The van der Waals surface area contributed by atoms with Crippen LogP contribution in [0.15, 0.2) is 42.3 Å². The smallest absolute Gasteiger partial charge is 0.305 e. The van der Waals surface area contributed by atoms with E-state index in [0.717, 1.165) is 37.0 Å². The first-order chi connectivity index (χ1) is 14.5. The standard InChI is InChI=1S/C27H35NO2/c1-4-25(29)30-20-11-13-26(2)19(16-20)7-8-21-23-10-9-22(18-6-5-15-28-17-18)27(23,3)14-12-24(21)26/h5-7,9,15,17,20-21,23-24H,4,8,10-14,16H2,1-3H3/t20-,21-,23-,24-,26-,27+/m0/s1. The lowest BCUT2D eigenvalue weighted by Gasteiger charge is -2.57. The van der Waals surface area contributed by atoms with Gasteiger partial charge in [-0.3, -0.25) is 9.78 Å². The molecule has 0 radical (unpaired) electrons. The average Bonchev–Trinajstić information content (AvgIpc) is 3.11. The Morgan fingerprint density at radius 1 is 1.13 bits per heavy atom. The molecule has 1 heterocycles. The van der Waals surface area contributed by atoms with Crippen LogP contribution in [-0.4, -0.2) is 17.1 Å². The molecule has 0 unspecified atom stereocenters. The summed E-state index contributed by atoms with van der Waals surface area (Å²) in [6.07, 6.45) is 17.7. The SMILES string of the molecule is CCC(=O)O[C@H]1CC[C@@]2(C)C(=CC[C@@H]3[C@@H]2CC[C@]2(C)C(c4cccnc4)=CC[C@@H]32)C1. The second-order valence-electron chi connectivity index (χ2n) is 10.5. The number of hydrogen-bond acceptors (Lipinski definition) is 3. The van der Waals surface area contributed by atoms with Crippen molar-refractivity contribution in [2.45, 2.75) is 78.2 Å². The van der Waals surface area contributed by atoms with E-state index in [1.54, 1.807) is 5.57 Å². The maximum Gasteiger partial charge on any atom is 0.305 e. The molecule has 4 aliphatic carbocycles. The zero-order chi connectivity index (χ0) is 20.9. The monoisotopic (exact) mass is 405 g/mol. The zero-order valence-electron chi connectivity index (χ0n) is 18.7. The van der Waals surface area contributed by atoms with E-state index in [1.807, 2.05) is 19.3 Å². The summed E-state index contributed by atoms with van der Waals surface area (Å²) in [4.78, 5) is 16.2. The maximum atomic E-state index is 11.8. The van der Waals surface area contributed by atoms with Crippen LogP contribution in [0, 0.1) is 28.6 Å². The summed E-state index contributed by atoms with van der Waals surface area (Å²) in [5, 5.41) is 0. The van der Waals surface area contributed by atoms with Crippen molar-refractivity contribution in [1.82, 2.24) is 4.98 Å². The minimum atomic E-state index is -0.0497. The van der Waals surface area contributed by atoms with E-state index in [0.29, 0.717) is 6.42 Å². The largest absolute Gasteiger partial charge is 0.462 e. The molecule has 30 heavy (non-hydrogen) atoms. The van der Waals surface area contributed by atoms with Crippen LogP contribution in [0.25, 0.3) is 5.57 Å². The summed E-state index contributed by atoms with van der Waals surface area (Å²) in [5.41, 5.74) is 4.99. The van der Waals surface area contributed by atoms with Crippen molar-refractivity contribution in [3.05, 3.63) is 47.8 Å². The van der Waals surface area contributed by atoms with Crippen LogP contribution < -0.4 is 0 Å². The highest BCUT2D eigenvalue weighted by Crippen LogP contribution is 2.66. The third kappa shape index (κ3) is 2.99. The summed E-state index contributed by atoms with van der Waals surface area (Å²) in [6.45, 7) is 6.91. The fourth-order valence-corrected chi connectivity index (χ4v) is 7.53. The molecule has 2 saturated carbocycles. The fourth-order valence-electron chi connectivity index (χ4n) is 7.53. The Morgan fingerprint density at radius 2 is 1.97 bits per heavy atom. The van der Waals surface area contributed by atoms with Crippen molar-refractivity contribution >= 4 is 11.5 Å². The predicted octanol–water partition coefficient (Wildman–Crippen LogP) is 6.36. The molecule has 4 aliphatic rings. The van der Waals surface area contributed by atoms with Crippen LogP contribution in [0.3, 0.4) is 0 Å². The van der Waals surface area contributed by atoms with Gasteiger partial charge in [0.1, 0.15) is 6.10 Å². The van der Waals surface area contributed by atoms with Crippen LogP contribution in [0.2, 0.25) is 0 Å². The highest BCUT2D eigenvalue weighted by molar-refractivity contribution is 5.72. The molecule has 2 fully saturated rings. The quantitative estimate of drug-likeness (QED) is 0.434. The number of pyridine rings is 1. The minimum absolute atomic E-state index is 0.0497. The molecule has 0 aliphatic heterocycles. The first-order valence-corrected chi connectivity index (χ1v) is 12.0. The van der Waals surface area contributed by atoms with Crippen molar-refractivity contribution in [3.63, 3.8) is 0 Å². The molecule has 1 aromatic heterocycles. The zero-order valence-corrected chi connectivity index (χ0v) is 18.7. The molecule has 0 aromatic carbocycles. The number of esters is 1. The Kier molecular flexibility index (Phi) is 4.91. The van der Waals surface area contributed by atoms with Gasteiger partial charge in [0.15, 0.2) is 0 Å². The molecule has 0 saturated heterocycles. The van der Waals surface area contributed by atoms with Gasteiger partial charge in [-0.1, -0.05) is 44.6 Å². The third-order valence-corrected chi connectivity index (χ3v) is 9.20. The number of carbonyl (C=O) groups is 1. The third-order valence-electron chi connectivity index (χ3n) is 9.20. The van der Waals surface area contributed by atoms with Crippen molar-refractivity contribution in [1.29, 1.82) is 0 Å². The van der Waals surface area contributed by atoms with E-state index in [1.165, 1.54) is 36.8 Å². The molecular formula is C27H35NO2. The van der Waals surface area contributed by atoms with E-state index in [9.17, 15) is 4.79 Å². The van der Waals surface area contributed by atoms with Gasteiger partial charge in [0.2, 0.25) is 0 Å². The number of fused-ring (bicyclic) bond motifs is 5. The number of hydrogen-bond donors (Lipinski definition) is 0. The Labute approximate surface area is 181 Å². The lowest BCUT2D eigenvalue weighted by Crippen LogP contribution is -2.50. The summed E-state index contributed by atoms with van der Waals surface area (Å²) in [6, 6.07) is 4.30. The second kappa shape index (κ2) is 7.35. The van der Waals surface area contributed by atoms with Crippen molar-refractivity contribution in [3.8, 4) is 0 Å². The van der Waals surface area contributed by atoms with Gasteiger partial charge in [-0.2, -0.15) is 0 Å². The molecule has 3 heteroatoms. The van der Waals surface area contributed by atoms with Gasteiger partial charge >= 0.3 is 5.97 Å². The van der Waals surface area contributed by atoms with Gasteiger partial charge in [-0.05, 0) is 84.3 Å². The van der Waals surface area contributed by atoms with Gasteiger partial charge in [0, 0.05) is 25.2 Å². The number of nitrogens with zero attached hydrogens (tertiary/aromatic N) is 1. The molecular weight excluding hydrogens is 370 g/mol. The molecule has 0 amide bonds. The maximum absolute atomic E-state index is 11.8. The molecule has 0 N–H and O–H groups in total. The van der Waals surface area contributed by atoms with Crippen LogP contribution in [-0.2, 0) is 9.53 Å². The highest BCUT2D eigenvalue weighted by atomic mass is 16.5. The molecule has 0 spiro atoms. The Hall–Kier alpha value is -1.90. The number of aromatic nitrogens is 1. The Balaban J connectivity index is 1.38. The second-order valence-corrected chi connectivity index (χ2v) is 10.5. The van der Waals surface area contributed by atoms with Crippen molar-refractivity contribution in [2.24, 2.45) is 28.6 Å². The van der Waals surface area contributed by atoms with Gasteiger partial charge in [-0.15, -0.1) is 0 Å². The van der Waals surface area contributed by atoms with Crippen molar-refractivity contribution < 1.29 is 9.53 Å². The van der Waals surface area contributed by atoms with E-state index >= 15 is 0 Å². The molecule has 6 atom stereocenters. The minimum Gasteiger partial charge on any atom is -0.462 e. The summed E-state index contributed by atoms with van der Waals surface area (Å²) < 4.78 is 5.72. The highest BCUT2D eigenvalue weighted by Gasteiger charge is 2.57. The average molecular weight is 406 g/mol. The van der Waals surface area contributed by atoms with Gasteiger partial charge in [-0.25, -0.2) is 0 Å². The molecule has 160 valence electrons. The number of ether oxygens (including phenoxy) is 1. The normalized spacial score (nSPS) is 39.8. The lowest BCUT2D eigenvalue weighted by molar-refractivity contribution is -0.150. The molecule has 3 nitrogen and oxygen atoms in total. The van der Waals surface area contributed by atoms with Gasteiger partial charge in [0.25, 0.3) is 0 Å². The van der Waals surface area contributed by atoms with Crippen LogP contribution >= 0.6 is 0 Å². The van der Waals surface area contributed by atoms with E-state index in [2.05, 4.69) is 43.1 Å². The van der Waals surface area contributed by atoms with Crippen molar-refractivity contribution in [2.75, 3.05) is 0 Å². The van der Waals surface area contributed by atoms with E-state index < -0.39 is 0 Å². The summed E-state index contributed by atoms with van der Waals surface area (Å²) in [7, 11) is 0. The number of allylic oxidation sites excluding steroid dienone is 3. The first-order valence-electron chi connectivity index (χ1n) is 12.0. The van der Waals surface area contributed by atoms with E-state index in [-0.39, 0.29) is 22.9 Å². The fraction of sp³-hybridized carbons (Fsp3) is 0.630. The van der Waals surface area contributed by atoms with Gasteiger partial charge in [0.05, 0.1) is 0 Å². The van der Waals surface area contributed by atoms with Gasteiger partial charge < -0.3 is 4.74 Å². The topological polar surface area (TPSA) is 39.2 Å².